The van der Waals surface area contributed by atoms with E-state index in [0.717, 1.165) is 6.42 Å². The van der Waals surface area contributed by atoms with Gasteiger partial charge in [-0.25, -0.2) is 0 Å². The van der Waals surface area contributed by atoms with Gasteiger partial charge in [0, 0.05) is 11.0 Å². The quantitative estimate of drug-likeness (QED) is 0.248. The van der Waals surface area contributed by atoms with Crippen molar-refractivity contribution in [2.24, 2.45) is 17.0 Å². The summed E-state index contributed by atoms with van der Waals surface area (Å²) in [5.41, 5.74) is 9.77. The summed E-state index contributed by atoms with van der Waals surface area (Å²) in [4.78, 5) is 2.88. The van der Waals surface area contributed by atoms with Gasteiger partial charge in [0.05, 0.1) is 0 Å². The van der Waals surface area contributed by atoms with Crippen LogP contribution in [0, 0.1) is 11.8 Å². The minimum Gasteiger partial charge on any atom is -0.0897 e. The lowest BCUT2D eigenvalue weighted by molar-refractivity contribution is 0.362. The van der Waals surface area contributed by atoms with Gasteiger partial charge in [-0.05, 0) is 30.7 Å². The second-order valence-corrected chi connectivity index (χ2v) is 3.75. The Morgan fingerprint density at radius 1 is 1.58 bits per heavy atom. The van der Waals surface area contributed by atoms with Crippen molar-refractivity contribution in [1.29, 1.82) is 0 Å². The number of hydrogen-bond acceptors (Lipinski definition) is 1. The summed E-state index contributed by atoms with van der Waals surface area (Å²) < 4.78 is 0. The van der Waals surface area contributed by atoms with Gasteiger partial charge in [0.15, 0.2) is 0 Å². The first kappa shape index (κ1) is 9.14. The molecular formula is C9H15N3. The second-order valence-electron chi connectivity index (χ2n) is 3.75. The molecule has 3 atom stereocenters. The van der Waals surface area contributed by atoms with Crippen molar-refractivity contribution >= 4 is 0 Å². The molecule has 0 aromatic heterocycles. The Balaban J connectivity index is 2.82. The molecule has 0 fully saturated rings. The lowest BCUT2D eigenvalue weighted by atomic mass is 9.81. The van der Waals surface area contributed by atoms with Crippen molar-refractivity contribution < 1.29 is 0 Å². The highest BCUT2D eigenvalue weighted by molar-refractivity contribution is 5.10. The average Bonchev–Trinajstić information content (AvgIpc) is 1.96. The Kier molecular flexibility index (Phi) is 2.77. The molecule has 1 aliphatic carbocycles. The minimum atomic E-state index is 0.152. The first-order valence-corrected chi connectivity index (χ1v) is 4.36. The molecule has 3 heteroatoms. The van der Waals surface area contributed by atoms with Crippen LogP contribution in [0.15, 0.2) is 16.8 Å². The maximum absolute atomic E-state index is 8.36. The Labute approximate surface area is 73.1 Å². The number of azide groups is 1. The zero-order valence-corrected chi connectivity index (χ0v) is 7.86. The predicted molar refractivity (Wildman–Crippen MR) is 49.6 cm³/mol. The van der Waals surface area contributed by atoms with Crippen molar-refractivity contribution in [2.45, 2.75) is 33.2 Å². The standard InChI is InChI=1S/C9H15N3/c1-6-4-7(2)9(11-12-10)8(3)5-6/h4,7-9H,5H2,1-3H3/t7-,8+,9-/m0/s1. The van der Waals surface area contributed by atoms with E-state index in [4.69, 9.17) is 5.53 Å². The molecule has 0 radical (unpaired) electrons. The molecule has 0 amide bonds. The van der Waals surface area contributed by atoms with Crippen LogP contribution >= 0.6 is 0 Å². The summed E-state index contributed by atoms with van der Waals surface area (Å²) in [6.45, 7) is 6.39. The molecule has 0 aliphatic heterocycles. The zero-order valence-electron chi connectivity index (χ0n) is 7.86. The van der Waals surface area contributed by atoms with Gasteiger partial charge in [-0.15, -0.1) is 0 Å². The molecular weight excluding hydrogens is 150 g/mol. The van der Waals surface area contributed by atoms with Crippen molar-refractivity contribution in [3.8, 4) is 0 Å². The Morgan fingerprint density at radius 3 is 2.75 bits per heavy atom. The molecule has 0 aromatic rings. The maximum Gasteiger partial charge on any atom is 0.0462 e. The zero-order chi connectivity index (χ0) is 9.14. The van der Waals surface area contributed by atoms with E-state index in [1.54, 1.807) is 0 Å². The third-order valence-electron chi connectivity index (χ3n) is 2.50. The summed E-state index contributed by atoms with van der Waals surface area (Å²) in [7, 11) is 0. The van der Waals surface area contributed by atoms with E-state index < -0.39 is 0 Å². The van der Waals surface area contributed by atoms with E-state index in [-0.39, 0.29) is 6.04 Å². The van der Waals surface area contributed by atoms with Crippen LogP contribution in [0.2, 0.25) is 0 Å². The molecule has 0 spiro atoms. The van der Waals surface area contributed by atoms with E-state index in [1.807, 2.05) is 0 Å². The highest BCUT2D eigenvalue weighted by atomic mass is 15.2. The van der Waals surface area contributed by atoms with Gasteiger partial charge >= 0.3 is 0 Å². The predicted octanol–water partition coefficient (Wildman–Crippen LogP) is 3.29. The largest absolute Gasteiger partial charge is 0.0897 e. The maximum atomic E-state index is 8.36. The van der Waals surface area contributed by atoms with Crippen molar-refractivity contribution in [1.82, 2.24) is 0 Å². The van der Waals surface area contributed by atoms with Gasteiger partial charge in [-0.2, -0.15) is 0 Å². The lowest BCUT2D eigenvalue weighted by Crippen LogP contribution is -2.26. The molecule has 0 heterocycles. The van der Waals surface area contributed by atoms with E-state index in [1.165, 1.54) is 5.57 Å². The molecule has 0 N–H and O–H groups in total. The number of rotatable bonds is 1. The van der Waals surface area contributed by atoms with Crippen LogP contribution in [0.1, 0.15) is 27.2 Å². The fourth-order valence-electron chi connectivity index (χ4n) is 2.04. The van der Waals surface area contributed by atoms with Gasteiger partial charge in [0.2, 0.25) is 0 Å². The lowest BCUT2D eigenvalue weighted by Gasteiger charge is -2.29. The monoisotopic (exact) mass is 165 g/mol. The summed E-state index contributed by atoms with van der Waals surface area (Å²) in [5.74, 6) is 0.880. The molecule has 1 aliphatic rings. The summed E-state index contributed by atoms with van der Waals surface area (Å²) >= 11 is 0. The van der Waals surface area contributed by atoms with Gasteiger partial charge in [0.1, 0.15) is 0 Å². The number of hydrogen-bond donors (Lipinski definition) is 0. The van der Waals surface area contributed by atoms with Crippen LogP contribution in [-0.2, 0) is 0 Å². The van der Waals surface area contributed by atoms with Gasteiger partial charge in [0.25, 0.3) is 0 Å². The average molecular weight is 165 g/mol. The molecule has 66 valence electrons. The van der Waals surface area contributed by atoms with Crippen LogP contribution < -0.4 is 0 Å². The topological polar surface area (TPSA) is 48.8 Å². The summed E-state index contributed by atoms with van der Waals surface area (Å²) in [5, 5.41) is 3.82. The normalized spacial score (nSPS) is 35.2. The van der Waals surface area contributed by atoms with Crippen molar-refractivity contribution in [3.63, 3.8) is 0 Å². The highest BCUT2D eigenvalue weighted by Gasteiger charge is 2.25. The number of nitrogens with zero attached hydrogens (tertiary/aromatic N) is 3. The smallest absolute Gasteiger partial charge is 0.0462 e. The van der Waals surface area contributed by atoms with Gasteiger partial charge in [-0.1, -0.05) is 30.6 Å². The summed E-state index contributed by atoms with van der Waals surface area (Å²) in [6, 6.07) is 0.152. The first-order chi connectivity index (χ1) is 5.65. The molecule has 0 saturated carbocycles. The first-order valence-electron chi connectivity index (χ1n) is 4.36. The second kappa shape index (κ2) is 3.63. The van der Waals surface area contributed by atoms with E-state index in [2.05, 4.69) is 36.9 Å². The third-order valence-corrected chi connectivity index (χ3v) is 2.50. The number of allylic oxidation sites excluding steroid dienone is 1. The van der Waals surface area contributed by atoms with E-state index in [0.29, 0.717) is 11.8 Å². The van der Waals surface area contributed by atoms with Crippen LogP contribution in [0.25, 0.3) is 10.4 Å². The Bertz CT molecular complexity index is 238. The molecule has 0 unspecified atom stereocenters. The van der Waals surface area contributed by atoms with Crippen LogP contribution in [0.4, 0.5) is 0 Å². The fraction of sp³-hybridized carbons (Fsp3) is 0.778. The van der Waals surface area contributed by atoms with Crippen LogP contribution in [0.5, 0.6) is 0 Å². The molecule has 0 saturated heterocycles. The molecule has 12 heavy (non-hydrogen) atoms. The Hall–Kier alpha value is -0.950. The molecule has 0 aromatic carbocycles. The molecule has 0 bridgehead atoms. The van der Waals surface area contributed by atoms with Crippen LogP contribution in [0.3, 0.4) is 0 Å². The minimum absolute atomic E-state index is 0.152. The van der Waals surface area contributed by atoms with E-state index in [9.17, 15) is 0 Å². The van der Waals surface area contributed by atoms with Gasteiger partial charge < -0.3 is 0 Å². The van der Waals surface area contributed by atoms with Crippen molar-refractivity contribution in [2.75, 3.05) is 0 Å². The summed E-state index contributed by atoms with van der Waals surface area (Å²) in [6.07, 6.45) is 3.27. The highest BCUT2D eigenvalue weighted by Crippen LogP contribution is 2.30. The molecule has 3 nitrogen and oxygen atoms in total. The third kappa shape index (κ3) is 1.80. The van der Waals surface area contributed by atoms with E-state index >= 15 is 0 Å². The molecule has 1 rings (SSSR count). The van der Waals surface area contributed by atoms with Crippen LogP contribution in [-0.4, -0.2) is 6.04 Å². The Morgan fingerprint density at radius 2 is 2.25 bits per heavy atom. The SMILES string of the molecule is CC1=C[C@H](C)[C@H](N=[N+]=[N-])[C@H](C)C1. The fourth-order valence-corrected chi connectivity index (χ4v) is 2.04. The van der Waals surface area contributed by atoms with Gasteiger partial charge in [-0.3, -0.25) is 0 Å². The van der Waals surface area contributed by atoms with Crippen molar-refractivity contribution in [3.05, 3.63) is 22.1 Å².